The van der Waals surface area contributed by atoms with Crippen LogP contribution in [0.5, 0.6) is 0 Å². The molecule has 1 saturated carbocycles. The van der Waals surface area contributed by atoms with Gasteiger partial charge >= 0.3 is 0 Å². The van der Waals surface area contributed by atoms with Crippen molar-refractivity contribution in [3.63, 3.8) is 0 Å². The zero-order valence-corrected chi connectivity index (χ0v) is 18.9. The Labute approximate surface area is 187 Å². The maximum absolute atomic E-state index is 5.20. The number of allylic oxidation sites excluding steroid dienone is 2. The zero-order valence-electron chi connectivity index (χ0n) is 18.9. The first-order valence-corrected chi connectivity index (χ1v) is 11.7. The first-order valence-electron chi connectivity index (χ1n) is 11.7. The van der Waals surface area contributed by atoms with Gasteiger partial charge in [0.25, 0.3) is 0 Å². The molecule has 3 aromatic rings. The van der Waals surface area contributed by atoms with Crippen molar-refractivity contribution < 1.29 is 4.74 Å². The van der Waals surface area contributed by atoms with Gasteiger partial charge in [-0.05, 0) is 77.3 Å². The van der Waals surface area contributed by atoms with Crippen LogP contribution in [-0.4, -0.2) is 7.11 Å². The standard InChI is InChI=1S/C30H34O/c1-3-4-5-23-6-10-25(11-7-23)27-14-18-29(19-15-27)30-20-16-28(17-21-30)26-12-8-24(9-13-26)22-31-2/h4-5,8-9,12-21,23,25H,3,6-7,10-11,22H2,1-2H3/b5-4+. The summed E-state index contributed by atoms with van der Waals surface area (Å²) in [6, 6.07) is 26.8. The Morgan fingerprint density at radius 3 is 1.68 bits per heavy atom. The quantitative estimate of drug-likeness (QED) is 0.355. The summed E-state index contributed by atoms with van der Waals surface area (Å²) < 4.78 is 5.20. The highest BCUT2D eigenvalue weighted by atomic mass is 16.5. The smallest absolute Gasteiger partial charge is 0.0713 e. The molecule has 0 heterocycles. The molecule has 0 unspecified atom stereocenters. The summed E-state index contributed by atoms with van der Waals surface area (Å²) >= 11 is 0. The molecule has 0 aromatic heterocycles. The lowest BCUT2D eigenvalue weighted by molar-refractivity contribution is 0.185. The molecule has 0 N–H and O–H groups in total. The predicted octanol–water partition coefficient (Wildman–Crippen LogP) is 8.41. The molecule has 0 bridgehead atoms. The highest BCUT2D eigenvalue weighted by molar-refractivity contribution is 5.70. The first-order chi connectivity index (χ1) is 15.3. The van der Waals surface area contributed by atoms with E-state index < -0.39 is 0 Å². The van der Waals surface area contributed by atoms with E-state index in [1.54, 1.807) is 7.11 Å². The van der Waals surface area contributed by atoms with Crippen molar-refractivity contribution >= 4 is 0 Å². The third-order valence-electron chi connectivity index (χ3n) is 6.61. The minimum Gasteiger partial charge on any atom is -0.380 e. The Morgan fingerprint density at radius 2 is 1.19 bits per heavy atom. The van der Waals surface area contributed by atoms with E-state index in [-0.39, 0.29) is 0 Å². The van der Waals surface area contributed by atoms with E-state index in [1.165, 1.54) is 59.1 Å². The van der Waals surface area contributed by atoms with Crippen LogP contribution in [0.1, 0.15) is 56.1 Å². The van der Waals surface area contributed by atoms with Crippen molar-refractivity contribution in [2.45, 2.75) is 51.6 Å². The third kappa shape index (κ3) is 5.54. The lowest BCUT2D eigenvalue weighted by Crippen LogP contribution is -2.11. The number of hydrogen-bond acceptors (Lipinski definition) is 1. The van der Waals surface area contributed by atoms with Crippen LogP contribution in [0, 0.1) is 5.92 Å². The number of rotatable bonds is 7. The third-order valence-corrected chi connectivity index (χ3v) is 6.61. The zero-order chi connectivity index (χ0) is 21.5. The minimum absolute atomic E-state index is 0.659. The fraction of sp³-hybridized carbons (Fsp3) is 0.333. The Bertz CT molecular complexity index is 956. The highest BCUT2D eigenvalue weighted by Crippen LogP contribution is 2.37. The summed E-state index contributed by atoms with van der Waals surface area (Å²) in [7, 11) is 1.73. The Balaban J connectivity index is 1.39. The second-order valence-electron chi connectivity index (χ2n) is 8.78. The van der Waals surface area contributed by atoms with Crippen LogP contribution in [0.4, 0.5) is 0 Å². The van der Waals surface area contributed by atoms with E-state index >= 15 is 0 Å². The molecule has 3 aromatic carbocycles. The van der Waals surface area contributed by atoms with Gasteiger partial charge in [-0.1, -0.05) is 91.9 Å². The molecular weight excluding hydrogens is 376 g/mol. The topological polar surface area (TPSA) is 9.23 Å². The Kier molecular flexibility index (Phi) is 7.38. The van der Waals surface area contributed by atoms with Crippen molar-refractivity contribution in [2.75, 3.05) is 7.11 Å². The van der Waals surface area contributed by atoms with Gasteiger partial charge in [-0.15, -0.1) is 0 Å². The van der Waals surface area contributed by atoms with Crippen LogP contribution in [-0.2, 0) is 11.3 Å². The molecule has 1 fully saturated rings. The van der Waals surface area contributed by atoms with Crippen molar-refractivity contribution in [3.05, 3.63) is 96.1 Å². The van der Waals surface area contributed by atoms with E-state index in [1.807, 2.05) is 0 Å². The van der Waals surface area contributed by atoms with Gasteiger partial charge in [0.15, 0.2) is 0 Å². The Hall–Kier alpha value is -2.64. The van der Waals surface area contributed by atoms with Crippen LogP contribution in [0.15, 0.2) is 84.9 Å². The molecule has 1 aliphatic rings. The average Bonchev–Trinajstić information content (AvgIpc) is 2.84. The fourth-order valence-electron chi connectivity index (χ4n) is 4.74. The van der Waals surface area contributed by atoms with Crippen molar-refractivity contribution in [2.24, 2.45) is 5.92 Å². The second-order valence-corrected chi connectivity index (χ2v) is 8.78. The van der Waals surface area contributed by atoms with E-state index in [4.69, 9.17) is 4.74 Å². The molecule has 4 rings (SSSR count). The van der Waals surface area contributed by atoms with Gasteiger partial charge in [0.2, 0.25) is 0 Å². The maximum Gasteiger partial charge on any atom is 0.0713 e. The SMILES string of the molecule is CC/C=C/C1CCC(c2ccc(-c3ccc(-c4ccc(COC)cc4)cc3)cc2)CC1. The monoisotopic (exact) mass is 410 g/mol. The molecule has 0 atom stereocenters. The molecule has 0 spiro atoms. The van der Waals surface area contributed by atoms with Crippen molar-refractivity contribution in [1.82, 2.24) is 0 Å². The number of hydrogen-bond donors (Lipinski definition) is 0. The van der Waals surface area contributed by atoms with Gasteiger partial charge in [-0.3, -0.25) is 0 Å². The van der Waals surface area contributed by atoms with Gasteiger partial charge in [0, 0.05) is 7.11 Å². The molecule has 1 aliphatic carbocycles. The molecule has 0 radical (unpaired) electrons. The van der Waals surface area contributed by atoms with Crippen LogP contribution in [0.25, 0.3) is 22.3 Å². The second kappa shape index (κ2) is 10.6. The number of benzene rings is 3. The largest absolute Gasteiger partial charge is 0.380 e. The normalized spacial score (nSPS) is 19.0. The van der Waals surface area contributed by atoms with E-state index in [0.29, 0.717) is 6.61 Å². The fourth-order valence-corrected chi connectivity index (χ4v) is 4.74. The molecule has 0 aliphatic heterocycles. The van der Waals surface area contributed by atoms with Crippen LogP contribution < -0.4 is 0 Å². The summed E-state index contributed by atoms with van der Waals surface area (Å²) in [6.07, 6.45) is 11.2. The van der Waals surface area contributed by atoms with Crippen molar-refractivity contribution in [3.8, 4) is 22.3 Å². The maximum atomic E-state index is 5.20. The summed E-state index contributed by atoms with van der Waals surface area (Å²) in [6.45, 7) is 2.88. The summed E-state index contributed by atoms with van der Waals surface area (Å²) in [4.78, 5) is 0. The first kappa shape index (κ1) is 21.6. The predicted molar refractivity (Wildman–Crippen MR) is 132 cm³/mol. The van der Waals surface area contributed by atoms with Gasteiger partial charge in [0.1, 0.15) is 0 Å². The summed E-state index contributed by atoms with van der Waals surface area (Å²) in [5.74, 6) is 1.52. The van der Waals surface area contributed by atoms with Gasteiger partial charge < -0.3 is 4.74 Å². The van der Waals surface area contributed by atoms with Gasteiger partial charge in [-0.2, -0.15) is 0 Å². The molecule has 0 amide bonds. The average molecular weight is 411 g/mol. The minimum atomic E-state index is 0.659. The van der Waals surface area contributed by atoms with Crippen LogP contribution in [0.2, 0.25) is 0 Å². The van der Waals surface area contributed by atoms with Crippen LogP contribution in [0.3, 0.4) is 0 Å². The number of ether oxygens (including phenoxy) is 1. The highest BCUT2D eigenvalue weighted by Gasteiger charge is 2.20. The molecule has 1 nitrogen and oxygen atoms in total. The molecule has 1 heteroatoms. The van der Waals surface area contributed by atoms with E-state index in [9.17, 15) is 0 Å². The van der Waals surface area contributed by atoms with Crippen LogP contribution >= 0.6 is 0 Å². The lowest BCUT2D eigenvalue weighted by atomic mass is 9.78. The van der Waals surface area contributed by atoms with Gasteiger partial charge in [0.05, 0.1) is 6.61 Å². The molecular formula is C30H34O. The number of methoxy groups -OCH3 is 1. The molecule has 31 heavy (non-hydrogen) atoms. The van der Waals surface area contributed by atoms with Gasteiger partial charge in [-0.25, -0.2) is 0 Å². The van der Waals surface area contributed by atoms with E-state index in [0.717, 1.165) is 18.3 Å². The molecule has 160 valence electrons. The summed E-state index contributed by atoms with van der Waals surface area (Å²) in [5.41, 5.74) is 7.78. The lowest BCUT2D eigenvalue weighted by Gasteiger charge is -2.27. The van der Waals surface area contributed by atoms with E-state index in [2.05, 4.69) is 91.9 Å². The van der Waals surface area contributed by atoms with Crippen molar-refractivity contribution in [1.29, 1.82) is 0 Å². The summed E-state index contributed by atoms with van der Waals surface area (Å²) in [5, 5.41) is 0. The molecule has 0 saturated heterocycles. The Morgan fingerprint density at radius 1 is 0.710 bits per heavy atom.